The number of carbonyl (C=O) groups is 1. The fourth-order valence-corrected chi connectivity index (χ4v) is 3.03. The van der Waals surface area contributed by atoms with Gasteiger partial charge in [-0.15, -0.1) is 0 Å². The van der Waals surface area contributed by atoms with Crippen LogP contribution in [-0.4, -0.2) is 30.2 Å². The molecule has 0 spiro atoms. The van der Waals surface area contributed by atoms with Crippen LogP contribution in [0.1, 0.15) is 15.9 Å². The summed E-state index contributed by atoms with van der Waals surface area (Å²) in [6.07, 6.45) is 2.66. The predicted molar refractivity (Wildman–Crippen MR) is 94.4 cm³/mol. The average Bonchev–Trinajstić information content (AvgIpc) is 2.92. The Hall–Kier alpha value is -2.35. The molecule has 0 amide bonds. The molecule has 0 aliphatic carbocycles. The number of carboxylic acid groups (broad SMARTS) is 1. The topological polar surface area (TPSA) is 85.1 Å². The molecule has 25 heavy (non-hydrogen) atoms. The molecule has 0 aliphatic heterocycles. The van der Waals surface area contributed by atoms with Crippen molar-refractivity contribution in [2.75, 3.05) is 6.26 Å². The summed E-state index contributed by atoms with van der Waals surface area (Å²) in [5, 5.41) is 10.1. The Morgan fingerprint density at radius 2 is 1.88 bits per heavy atom. The van der Waals surface area contributed by atoms with E-state index in [4.69, 9.17) is 15.8 Å². The van der Waals surface area contributed by atoms with E-state index >= 15 is 0 Å². The number of carboxylic acids is 1. The first-order valence-corrected chi connectivity index (χ1v) is 9.42. The number of nitrogens with zero attached hydrogens (tertiary/aromatic N) is 1. The van der Waals surface area contributed by atoms with Crippen molar-refractivity contribution >= 4 is 33.2 Å². The van der Waals surface area contributed by atoms with Gasteiger partial charge in [-0.2, -0.15) is 8.42 Å². The zero-order valence-electron chi connectivity index (χ0n) is 13.1. The molecule has 6 nitrogen and oxygen atoms in total. The molecular formula is C17H14ClNO5S. The lowest BCUT2D eigenvalue weighted by Gasteiger charge is -2.07. The van der Waals surface area contributed by atoms with E-state index in [0.717, 1.165) is 6.26 Å². The Bertz CT molecular complexity index is 1050. The van der Waals surface area contributed by atoms with E-state index in [-0.39, 0.29) is 12.2 Å². The molecule has 2 aromatic heterocycles. The summed E-state index contributed by atoms with van der Waals surface area (Å²) < 4.78 is 28.7. The maximum Gasteiger partial charge on any atom is 0.337 e. The standard InChI is InChI=1S/C17H14ClNO5S/c1-25(22,23)24-10-11-6-7-19-14(8-11)9-15(17(20)21)16(19)12-2-4-13(18)5-3-12/h2-9H,10H2,1H3,(H,20,21). The molecular weight excluding hydrogens is 366 g/mol. The monoisotopic (exact) mass is 379 g/mol. The van der Waals surface area contributed by atoms with E-state index in [1.807, 2.05) is 0 Å². The first kappa shape index (κ1) is 17.5. The summed E-state index contributed by atoms with van der Waals surface area (Å²) >= 11 is 5.90. The lowest BCUT2D eigenvalue weighted by atomic mass is 10.1. The molecule has 0 aliphatic rings. The van der Waals surface area contributed by atoms with Crippen LogP contribution in [0.5, 0.6) is 0 Å². The minimum atomic E-state index is -3.55. The third-order valence-electron chi connectivity index (χ3n) is 3.63. The average molecular weight is 380 g/mol. The van der Waals surface area contributed by atoms with E-state index < -0.39 is 16.1 Å². The van der Waals surface area contributed by atoms with Crippen LogP contribution in [0.25, 0.3) is 16.8 Å². The molecule has 3 rings (SSSR count). The number of rotatable bonds is 5. The smallest absolute Gasteiger partial charge is 0.337 e. The van der Waals surface area contributed by atoms with Crippen molar-refractivity contribution in [2.45, 2.75) is 6.61 Å². The van der Waals surface area contributed by atoms with Crippen LogP contribution >= 0.6 is 11.6 Å². The normalized spacial score (nSPS) is 11.8. The first-order chi connectivity index (χ1) is 11.7. The molecule has 0 saturated heterocycles. The third kappa shape index (κ3) is 3.84. The molecule has 0 saturated carbocycles. The van der Waals surface area contributed by atoms with Crippen LogP contribution in [0, 0.1) is 0 Å². The minimum absolute atomic E-state index is 0.112. The summed E-state index contributed by atoms with van der Waals surface area (Å²) in [4.78, 5) is 11.6. The second kappa shape index (κ2) is 6.51. The molecule has 0 fully saturated rings. The summed E-state index contributed by atoms with van der Waals surface area (Å²) in [5.41, 5.74) is 2.62. The van der Waals surface area contributed by atoms with Gasteiger partial charge < -0.3 is 9.51 Å². The Morgan fingerprint density at radius 3 is 2.48 bits per heavy atom. The second-order valence-corrected chi connectivity index (χ2v) is 7.60. The molecule has 1 aromatic carbocycles. The van der Waals surface area contributed by atoms with Crippen molar-refractivity contribution in [2.24, 2.45) is 0 Å². The molecule has 1 N–H and O–H groups in total. The molecule has 3 aromatic rings. The van der Waals surface area contributed by atoms with Crippen LogP contribution in [0.3, 0.4) is 0 Å². The number of hydrogen-bond donors (Lipinski definition) is 1. The van der Waals surface area contributed by atoms with Gasteiger partial charge in [-0.25, -0.2) is 4.79 Å². The zero-order valence-corrected chi connectivity index (χ0v) is 14.7. The Balaban J connectivity index is 2.11. The van der Waals surface area contributed by atoms with Gasteiger partial charge in [0.15, 0.2) is 0 Å². The van der Waals surface area contributed by atoms with Gasteiger partial charge in [0.25, 0.3) is 10.1 Å². The Labute approximate surface area is 149 Å². The van der Waals surface area contributed by atoms with Crippen molar-refractivity contribution in [1.29, 1.82) is 0 Å². The summed E-state index contributed by atoms with van der Waals surface area (Å²) in [5.74, 6) is -1.05. The maximum absolute atomic E-state index is 11.6. The number of pyridine rings is 1. The number of benzene rings is 1. The Morgan fingerprint density at radius 1 is 1.20 bits per heavy atom. The lowest BCUT2D eigenvalue weighted by molar-refractivity contribution is 0.0698. The number of hydrogen-bond acceptors (Lipinski definition) is 4. The maximum atomic E-state index is 11.6. The van der Waals surface area contributed by atoms with Crippen LogP contribution in [0.4, 0.5) is 0 Å². The van der Waals surface area contributed by atoms with E-state index in [9.17, 15) is 18.3 Å². The fraction of sp³-hybridized carbons (Fsp3) is 0.118. The summed E-state index contributed by atoms with van der Waals surface area (Å²) in [6.45, 7) is -0.112. The Kier molecular flexibility index (Phi) is 4.55. The van der Waals surface area contributed by atoms with Crippen LogP contribution < -0.4 is 0 Å². The number of aromatic carboxylic acids is 1. The van der Waals surface area contributed by atoms with Gasteiger partial charge in [0, 0.05) is 16.7 Å². The van der Waals surface area contributed by atoms with Crippen LogP contribution in [-0.2, 0) is 20.9 Å². The number of aromatic nitrogens is 1. The van der Waals surface area contributed by atoms with Gasteiger partial charge in [0.1, 0.15) is 0 Å². The lowest BCUT2D eigenvalue weighted by Crippen LogP contribution is -2.03. The molecule has 2 heterocycles. The molecule has 0 radical (unpaired) electrons. The predicted octanol–water partition coefficient (Wildman–Crippen LogP) is 3.43. The van der Waals surface area contributed by atoms with Crippen molar-refractivity contribution in [1.82, 2.24) is 4.40 Å². The largest absolute Gasteiger partial charge is 0.478 e. The summed E-state index contributed by atoms with van der Waals surface area (Å²) in [6, 6.07) is 11.8. The highest BCUT2D eigenvalue weighted by molar-refractivity contribution is 7.85. The molecule has 0 atom stereocenters. The van der Waals surface area contributed by atoms with E-state index in [1.165, 1.54) is 6.07 Å². The molecule has 0 unspecified atom stereocenters. The van der Waals surface area contributed by atoms with Gasteiger partial charge >= 0.3 is 5.97 Å². The van der Waals surface area contributed by atoms with Gasteiger partial charge in [0.2, 0.25) is 0 Å². The molecule has 130 valence electrons. The van der Waals surface area contributed by atoms with Crippen molar-refractivity contribution in [3.05, 3.63) is 64.8 Å². The van der Waals surface area contributed by atoms with Crippen LogP contribution in [0.2, 0.25) is 5.02 Å². The first-order valence-electron chi connectivity index (χ1n) is 7.22. The highest BCUT2D eigenvalue weighted by Gasteiger charge is 2.18. The van der Waals surface area contributed by atoms with Gasteiger partial charge in [-0.05, 0) is 41.5 Å². The second-order valence-electron chi connectivity index (χ2n) is 5.51. The fourth-order valence-electron chi connectivity index (χ4n) is 2.56. The van der Waals surface area contributed by atoms with Gasteiger partial charge in [0.05, 0.1) is 24.1 Å². The third-order valence-corrected chi connectivity index (χ3v) is 4.42. The van der Waals surface area contributed by atoms with E-state index in [2.05, 4.69) is 0 Å². The quantitative estimate of drug-likeness (QED) is 0.686. The van der Waals surface area contributed by atoms with Gasteiger partial charge in [-0.1, -0.05) is 23.7 Å². The van der Waals surface area contributed by atoms with Crippen molar-refractivity contribution < 1.29 is 22.5 Å². The SMILES string of the molecule is CS(=O)(=O)OCc1ccn2c(-c3ccc(Cl)cc3)c(C(=O)O)cc2c1. The van der Waals surface area contributed by atoms with Crippen LogP contribution in [0.15, 0.2) is 48.7 Å². The van der Waals surface area contributed by atoms with E-state index in [1.54, 1.807) is 47.0 Å². The highest BCUT2D eigenvalue weighted by atomic mass is 35.5. The zero-order chi connectivity index (χ0) is 18.2. The number of fused-ring (bicyclic) bond motifs is 1. The minimum Gasteiger partial charge on any atom is -0.478 e. The summed E-state index contributed by atoms with van der Waals surface area (Å²) in [7, 11) is -3.55. The highest BCUT2D eigenvalue weighted by Crippen LogP contribution is 2.29. The number of halogens is 1. The molecule has 8 heteroatoms. The molecule has 0 bridgehead atoms. The van der Waals surface area contributed by atoms with Crippen molar-refractivity contribution in [3.63, 3.8) is 0 Å². The van der Waals surface area contributed by atoms with E-state index in [0.29, 0.717) is 27.4 Å². The van der Waals surface area contributed by atoms with Crippen molar-refractivity contribution in [3.8, 4) is 11.3 Å². The van der Waals surface area contributed by atoms with Gasteiger partial charge in [-0.3, -0.25) is 4.18 Å².